The van der Waals surface area contributed by atoms with E-state index < -0.39 is 15.7 Å². The van der Waals surface area contributed by atoms with Gasteiger partial charge in [-0.05, 0) is 23.8 Å². The van der Waals surface area contributed by atoms with Gasteiger partial charge in [-0.15, -0.1) is 0 Å². The molecule has 2 aliphatic heterocycles. The van der Waals surface area contributed by atoms with Gasteiger partial charge in [-0.2, -0.15) is 0 Å². The van der Waals surface area contributed by atoms with Crippen molar-refractivity contribution >= 4 is 15.7 Å². The number of carbonyl (C=O) groups excluding carboxylic acids is 1. The van der Waals surface area contributed by atoms with E-state index in [0.29, 0.717) is 29.8 Å². The summed E-state index contributed by atoms with van der Waals surface area (Å²) in [5, 5.41) is 3.19. The minimum absolute atomic E-state index is 0.00326. The van der Waals surface area contributed by atoms with E-state index in [-0.39, 0.29) is 29.5 Å². The summed E-state index contributed by atoms with van der Waals surface area (Å²) in [4.78, 5) is 18.3. The third-order valence-corrected chi connectivity index (χ3v) is 6.67. The minimum atomic E-state index is -3.13. The number of hydrogen-bond donors (Lipinski definition) is 1. The van der Waals surface area contributed by atoms with Crippen LogP contribution in [0.15, 0.2) is 42.7 Å². The molecule has 2 aliphatic rings. The van der Waals surface area contributed by atoms with Crippen LogP contribution in [0.2, 0.25) is 0 Å². The van der Waals surface area contributed by atoms with Gasteiger partial charge in [-0.1, -0.05) is 12.1 Å². The van der Waals surface area contributed by atoms with Crippen molar-refractivity contribution in [1.82, 2.24) is 15.2 Å². The molecule has 0 spiro atoms. The predicted molar refractivity (Wildman–Crippen MR) is 94.9 cm³/mol. The number of benzene rings is 1. The predicted octanol–water partition coefficient (Wildman–Crippen LogP) is 1.10. The molecule has 2 aromatic rings. The summed E-state index contributed by atoms with van der Waals surface area (Å²) in [6, 6.07) is 7.72. The van der Waals surface area contributed by atoms with Crippen LogP contribution >= 0.6 is 0 Å². The molecule has 2 unspecified atom stereocenters. The van der Waals surface area contributed by atoms with Gasteiger partial charge in [0.2, 0.25) is 0 Å². The molecule has 26 heavy (non-hydrogen) atoms. The van der Waals surface area contributed by atoms with Crippen LogP contribution in [-0.2, 0) is 9.84 Å². The largest absolute Gasteiger partial charge is 0.332 e. The number of piperazine rings is 1. The molecule has 136 valence electrons. The van der Waals surface area contributed by atoms with Gasteiger partial charge in [0.15, 0.2) is 9.84 Å². The minimum Gasteiger partial charge on any atom is -0.332 e. The molecule has 1 aromatic heterocycles. The third-order valence-electron chi connectivity index (χ3n) is 4.96. The number of halogens is 1. The van der Waals surface area contributed by atoms with Crippen LogP contribution in [0.25, 0.3) is 11.1 Å². The van der Waals surface area contributed by atoms with Gasteiger partial charge in [0.25, 0.3) is 5.91 Å². The lowest BCUT2D eigenvalue weighted by Gasteiger charge is -2.37. The van der Waals surface area contributed by atoms with Crippen LogP contribution < -0.4 is 5.32 Å². The molecular weight excluding hydrogens is 357 g/mol. The number of nitrogens with one attached hydrogen (secondary N) is 1. The molecule has 1 amide bonds. The molecule has 1 N–H and O–H groups in total. The Morgan fingerprint density at radius 2 is 1.96 bits per heavy atom. The van der Waals surface area contributed by atoms with Crippen molar-refractivity contribution in [3.8, 4) is 11.1 Å². The van der Waals surface area contributed by atoms with E-state index in [2.05, 4.69) is 10.3 Å². The standard InChI is InChI=1S/C18H18FN3O3S/c19-15-9-20-6-5-14(15)12-1-3-13(4-2-12)18(23)22-8-7-21-16-10-26(24,25)11-17(16)22/h1-6,9,16-17,21H,7-8,10-11H2. The molecule has 3 heterocycles. The molecule has 2 fully saturated rings. The highest BCUT2D eigenvalue weighted by Crippen LogP contribution is 2.25. The maximum atomic E-state index is 13.8. The second-order valence-corrected chi connectivity index (χ2v) is 8.79. The fourth-order valence-electron chi connectivity index (χ4n) is 3.69. The van der Waals surface area contributed by atoms with Gasteiger partial charge >= 0.3 is 0 Å². The summed E-state index contributed by atoms with van der Waals surface area (Å²) in [6.45, 7) is 1.04. The topological polar surface area (TPSA) is 79.4 Å². The first kappa shape index (κ1) is 17.1. The zero-order valence-corrected chi connectivity index (χ0v) is 14.7. The Morgan fingerprint density at radius 1 is 1.19 bits per heavy atom. The summed E-state index contributed by atoms with van der Waals surface area (Å²) < 4.78 is 37.7. The van der Waals surface area contributed by atoms with Gasteiger partial charge < -0.3 is 10.2 Å². The Balaban J connectivity index is 1.58. The van der Waals surface area contributed by atoms with E-state index in [0.717, 1.165) is 6.20 Å². The monoisotopic (exact) mass is 375 g/mol. The molecule has 6 nitrogen and oxygen atoms in total. The zero-order valence-electron chi connectivity index (χ0n) is 13.9. The summed E-state index contributed by atoms with van der Waals surface area (Å²) >= 11 is 0. The zero-order chi connectivity index (χ0) is 18.3. The van der Waals surface area contributed by atoms with Gasteiger partial charge in [-0.3, -0.25) is 9.78 Å². The number of hydrogen-bond acceptors (Lipinski definition) is 5. The van der Waals surface area contributed by atoms with Gasteiger partial charge in [0.05, 0.1) is 23.7 Å². The summed E-state index contributed by atoms with van der Waals surface area (Å²) in [5.41, 5.74) is 1.54. The highest BCUT2D eigenvalue weighted by molar-refractivity contribution is 7.91. The van der Waals surface area contributed by atoms with Gasteiger partial charge in [0, 0.05) is 36.5 Å². The lowest BCUT2D eigenvalue weighted by molar-refractivity contribution is 0.0621. The second-order valence-electron chi connectivity index (χ2n) is 6.64. The molecule has 0 radical (unpaired) electrons. The lowest BCUT2D eigenvalue weighted by Crippen LogP contribution is -2.59. The van der Waals surface area contributed by atoms with E-state index >= 15 is 0 Å². The highest BCUT2D eigenvalue weighted by atomic mass is 32.2. The molecule has 8 heteroatoms. The summed E-state index contributed by atoms with van der Waals surface area (Å²) in [6.07, 6.45) is 2.66. The van der Waals surface area contributed by atoms with Crippen molar-refractivity contribution in [3.05, 3.63) is 54.1 Å². The number of amides is 1. The Kier molecular flexibility index (Phi) is 4.24. The smallest absolute Gasteiger partial charge is 0.254 e. The number of rotatable bonds is 2. The van der Waals surface area contributed by atoms with Crippen LogP contribution in [0.4, 0.5) is 4.39 Å². The van der Waals surface area contributed by atoms with Crippen molar-refractivity contribution < 1.29 is 17.6 Å². The molecule has 2 saturated heterocycles. The summed E-state index contributed by atoms with van der Waals surface area (Å²) in [7, 11) is -3.13. The number of fused-ring (bicyclic) bond motifs is 1. The molecule has 0 bridgehead atoms. The first-order valence-electron chi connectivity index (χ1n) is 8.39. The quantitative estimate of drug-likeness (QED) is 0.850. The molecule has 4 rings (SSSR count). The lowest BCUT2D eigenvalue weighted by atomic mass is 10.0. The maximum Gasteiger partial charge on any atom is 0.254 e. The number of nitrogens with zero attached hydrogens (tertiary/aromatic N) is 2. The number of aromatic nitrogens is 1. The molecule has 0 saturated carbocycles. The average Bonchev–Trinajstić information content (AvgIpc) is 2.95. The van der Waals surface area contributed by atoms with Crippen LogP contribution in [0.3, 0.4) is 0 Å². The average molecular weight is 375 g/mol. The van der Waals surface area contributed by atoms with Gasteiger partial charge in [-0.25, -0.2) is 12.8 Å². The van der Waals surface area contributed by atoms with E-state index in [1.807, 2.05) is 0 Å². The number of pyridine rings is 1. The Labute approximate surface area is 151 Å². The van der Waals surface area contributed by atoms with E-state index in [1.165, 1.54) is 6.20 Å². The van der Waals surface area contributed by atoms with Crippen LogP contribution in [0.5, 0.6) is 0 Å². The van der Waals surface area contributed by atoms with Crippen molar-refractivity contribution in [1.29, 1.82) is 0 Å². The highest BCUT2D eigenvalue weighted by Gasteiger charge is 2.44. The molecule has 0 aliphatic carbocycles. The Hall–Kier alpha value is -2.32. The first-order chi connectivity index (χ1) is 12.4. The Bertz CT molecular complexity index is 946. The van der Waals surface area contributed by atoms with Crippen LogP contribution in [0.1, 0.15) is 10.4 Å². The second kappa shape index (κ2) is 6.44. The normalized spacial score (nSPS) is 24.3. The molecule has 1 aromatic carbocycles. The fourth-order valence-corrected chi connectivity index (χ4v) is 5.64. The van der Waals surface area contributed by atoms with Crippen molar-refractivity contribution in [2.75, 3.05) is 24.6 Å². The van der Waals surface area contributed by atoms with Crippen LogP contribution in [0, 0.1) is 5.82 Å². The van der Waals surface area contributed by atoms with E-state index in [4.69, 9.17) is 0 Å². The fraction of sp³-hybridized carbons (Fsp3) is 0.333. The third kappa shape index (κ3) is 3.10. The van der Waals surface area contributed by atoms with Crippen molar-refractivity contribution in [3.63, 3.8) is 0 Å². The summed E-state index contributed by atoms with van der Waals surface area (Å²) in [5.74, 6) is -0.550. The maximum absolute atomic E-state index is 13.8. The SMILES string of the molecule is O=C(c1ccc(-c2ccncc2F)cc1)N1CCNC2CS(=O)(=O)CC21. The number of carbonyl (C=O) groups is 1. The van der Waals surface area contributed by atoms with Crippen molar-refractivity contribution in [2.45, 2.75) is 12.1 Å². The van der Waals surface area contributed by atoms with Crippen molar-refractivity contribution in [2.24, 2.45) is 0 Å². The first-order valence-corrected chi connectivity index (χ1v) is 10.2. The number of sulfone groups is 1. The van der Waals surface area contributed by atoms with E-state index in [9.17, 15) is 17.6 Å². The molecule has 2 atom stereocenters. The van der Waals surface area contributed by atoms with Crippen LogP contribution in [-0.4, -0.2) is 60.9 Å². The molecular formula is C18H18FN3O3S. The van der Waals surface area contributed by atoms with Gasteiger partial charge in [0.1, 0.15) is 5.82 Å². The van der Waals surface area contributed by atoms with E-state index in [1.54, 1.807) is 35.2 Å². The Morgan fingerprint density at radius 3 is 2.69 bits per heavy atom.